The third-order valence-corrected chi connectivity index (χ3v) is 4.13. The van der Waals surface area contributed by atoms with Gasteiger partial charge in [0.25, 0.3) is 0 Å². The van der Waals surface area contributed by atoms with Crippen molar-refractivity contribution in [2.24, 2.45) is 5.92 Å². The van der Waals surface area contributed by atoms with Crippen molar-refractivity contribution in [3.8, 4) is 5.75 Å². The Morgan fingerprint density at radius 3 is 2.90 bits per heavy atom. The summed E-state index contributed by atoms with van der Waals surface area (Å²) in [6.07, 6.45) is 0.779. The van der Waals surface area contributed by atoms with E-state index in [2.05, 4.69) is 0 Å². The maximum absolute atomic E-state index is 12.2. The van der Waals surface area contributed by atoms with Gasteiger partial charge in [0.2, 0.25) is 5.91 Å². The number of aliphatic hydroxyl groups excluding tert-OH is 1. The number of aliphatic hydroxyl groups is 1. The molecule has 1 aliphatic heterocycles. The zero-order valence-corrected chi connectivity index (χ0v) is 13.1. The maximum Gasteiger partial charge on any atom is 0.226 e. The molecule has 21 heavy (non-hydrogen) atoms. The Morgan fingerprint density at radius 1 is 1.43 bits per heavy atom. The Morgan fingerprint density at radius 2 is 2.19 bits per heavy atom. The second kappa shape index (κ2) is 6.94. The first-order chi connectivity index (χ1) is 9.97. The first kappa shape index (κ1) is 15.8. The van der Waals surface area contributed by atoms with E-state index in [1.54, 1.807) is 0 Å². The average Bonchev–Trinajstić information content (AvgIpc) is 2.45. The van der Waals surface area contributed by atoms with E-state index in [-0.39, 0.29) is 17.9 Å². The third kappa shape index (κ3) is 4.21. The summed E-state index contributed by atoms with van der Waals surface area (Å²) in [7, 11) is 0. The van der Waals surface area contributed by atoms with Crippen LogP contribution in [0.2, 0.25) is 0 Å². The Labute approximate surface area is 126 Å². The Balaban J connectivity index is 1.80. The molecular weight excluding hydrogens is 266 g/mol. The highest BCUT2D eigenvalue weighted by Gasteiger charge is 2.26. The molecule has 1 N–H and O–H groups in total. The normalized spacial score (nSPS) is 22.2. The maximum atomic E-state index is 12.2. The predicted molar refractivity (Wildman–Crippen MR) is 82.4 cm³/mol. The summed E-state index contributed by atoms with van der Waals surface area (Å²) < 4.78 is 5.73. The Kier molecular flexibility index (Phi) is 5.23. The highest BCUT2D eigenvalue weighted by Crippen LogP contribution is 2.20. The molecule has 1 saturated heterocycles. The summed E-state index contributed by atoms with van der Waals surface area (Å²) in [5, 5.41) is 9.70. The second-order valence-corrected chi connectivity index (χ2v) is 6.04. The minimum Gasteiger partial charge on any atom is -0.493 e. The third-order valence-electron chi connectivity index (χ3n) is 4.13. The SMILES string of the molecule is Cc1ccc(C)c(OCCC(=O)N2CCC(O)C(C)C2)c1. The largest absolute Gasteiger partial charge is 0.493 e. The lowest BCUT2D eigenvalue weighted by Gasteiger charge is -2.34. The number of aryl methyl sites for hydroxylation is 2. The average molecular weight is 291 g/mol. The van der Waals surface area contributed by atoms with Crippen molar-refractivity contribution in [3.05, 3.63) is 29.3 Å². The van der Waals surface area contributed by atoms with Gasteiger partial charge in [0, 0.05) is 13.1 Å². The molecular formula is C17H25NO3. The van der Waals surface area contributed by atoms with Gasteiger partial charge in [-0.2, -0.15) is 0 Å². The number of nitrogens with zero attached hydrogens (tertiary/aromatic N) is 1. The van der Waals surface area contributed by atoms with Crippen LogP contribution in [0.4, 0.5) is 0 Å². The highest BCUT2D eigenvalue weighted by atomic mass is 16.5. The summed E-state index contributed by atoms with van der Waals surface area (Å²) in [4.78, 5) is 14.0. The van der Waals surface area contributed by atoms with Crippen molar-refractivity contribution in [3.63, 3.8) is 0 Å². The Hall–Kier alpha value is -1.55. The molecule has 1 aliphatic rings. The molecule has 0 aliphatic carbocycles. The zero-order chi connectivity index (χ0) is 15.4. The highest BCUT2D eigenvalue weighted by molar-refractivity contribution is 5.76. The molecule has 1 amide bonds. The molecule has 0 spiro atoms. The zero-order valence-electron chi connectivity index (χ0n) is 13.1. The molecule has 1 heterocycles. The van der Waals surface area contributed by atoms with Gasteiger partial charge in [-0.1, -0.05) is 19.1 Å². The number of hydrogen-bond donors (Lipinski definition) is 1. The number of ether oxygens (including phenoxy) is 1. The number of amides is 1. The number of hydrogen-bond acceptors (Lipinski definition) is 3. The lowest BCUT2D eigenvalue weighted by molar-refractivity contribution is -0.135. The van der Waals surface area contributed by atoms with E-state index in [1.165, 1.54) is 0 Å². The molecule has 1 aromatic rings. The summed E-state index contributed by atoms with van der Waals surface area (Å²) in [6.45, 7) is 7.70. The van der Waals surface area contributed by atoms with Gasteiger partial charge >= 0.3 is 0 Å². The van der Waals surface area contributed by atoms with Crippen LogP contribution in [0, 0.1) is 19.8 Å². The molecule has 1 fully saturated rings. The number of benzene rings is 1. The topological polar surface area (TPSA) is 49.8 Å². The quantitative estimate of drug-likeness (QED) is 0.926. The van der Waals surface area contributed by atoms with Crippen LogP contribution in [0.25, 0.3) is 0 Å². The summed E-state index contributed by atoms with van der Waals surface area (Å²) in [6, 6.07) is 6.08. The van der Waals surface area contributed by atoms with Crippen LogP contribution in [0.5, 0.6) is 5.75 Å². The summed E-state index contributed by atoms with van der Waals surface area (Å²) >= 11 is 0. The van der Waals surface area contributed by atoms with Crippen LogP contribution < -0.4 is 4.74 Å². The predicted octanol–water partition coefficient (Wildman–Crippen LogP) is 2.30. The van der Waals surface area contributed by atoms with E-state index in [0.717, 1.165) is 16.9 Å². The van der Waals surface area contributed by atoms with E-state index in [4.69, 9.17) is 4.74 Å². The molecule has 0 bridgehead atoms. The number of rotatable bonds is 4. The van der Waals surface area contributed by atoms with Crippen LogP contribution in [-0.2, 0) is 4.79 Å². The van der Waals surface area contributed by atoms with Crippen LogP contribution in [0.15, 0.2) is 18.2 Å². The first-order valence-electron chi connectivity index (χ1n) is 7.63. The number of carbonyl (C=O) groups is 1. The van der Waals surface area contributed by atoms with E-state index < -0.39 is 0 Å². The van der Waals surface area contributed by atoms with Gasteiger partial charge in [-0.3, -0.25) is 4.79 Å². The van der Waals surface area contributed by atoms with Crippen LogP contribution in [-0.4, -0.2) is 41.7 Å². The van der Waals surface area contributed by atoms with Crippen molar-refractivity contribution in [1.29, 1.82) is 0 Å². The van der Waals surface area contributed by atoms with Crippen LogP contribution in [0.1, 0.15) is 30.9 Å². The lowest BCUT2D eigenvalue weighted by Crippen LogP contribution is -2.45. The van der Waals surface area contributed by atoms with Gasteiger partial charge in [-0.05, 0) is 43.4 Å². The molecule has 1 aromatic carbocycles. The van der Waals surface area contributed by atoms with Gasteiger partial charge in [0.1, 0.15) is 5.75 Å². The van der Waals surface area contributed by atoms with Gasteiger partial charge in [-0.15, -0.1) is 0 Å². The monoisotopic (exact) mass is 291 g/mol. The van der Waals surface area contributed by atoms with Crippen molar-refractivity contribution < 1.29 is 14.6 Å². The molecule has 4 heteroatoms. The first-order valence-corrected chi connectivity index (χ1v) is 7.63. The fourth-order valence-electron chi connectivity index (χ4n) is 2.63. The second-order valence-electron chi connectivity index (χ2n) is 6.04. The van der Waals surface area contributed by atoms with Gasteiger partial charge in [-0.25, -0.2) is 0 Å². The van der Waals surface area contributed by atoms with E-state index >= 15 is 0 Å². The van der Waals surface area contributed by atoms with Crippen molar-refractivity contribution in [1.82, 2.24) is 4.90 Å². The number of piperidine rings is 1. The molecule has 0 radical (unpaired) electrons. The fraction of sp³-hybridized carbons (Fsp3) is 0.588. The van der Waals surface area contributed by atoms with Gasteiger partial charge in [0.05, 0.1) is 19.1 Å². The number of likely N-dealkylation sites (tertiary alicyclic amines) is 1. The molecule has 0 saturated carbocycles. The van der Waals surface area contributed by atoms with Crippen LogP contribution in [0.3, 0.4) is 0 Å². The molecule has 0 aromatic heterocycles. The summed E-state index contributed by atoms with van der Waals surface area (Å²) in [5.41, 5.74) is 2.24. The minimum atomic E-state index is -0.278. The molecule has 2 atom stereocenters. The standard InChI is InChI=1S/C17H25NO3/c1-12-4-5-13(2)16(10-12)21-9-7-17(20)18-8-6-15(19)14(3)11-18/h4-5,10,14-15,19H,6-9,11H2,1-3H3. The molecule has 4 nitrogen and oxygen atoms in total. The van der Waals surface area contributed by atoms with Gasteiger partial charge in [0.15, 0.2) is 0 Å². The van der Waals surface area contributed by atoms with Crippen molar-refractivity contribution >= 4 is 5.91 Å². The van der Waals surface area contributed by atoms with Crippen molar-refractivity contribution in [2.45, 2.75) is 39.7 Å². The van der Waals surface area contributed by atoms with E-state index in [9.17, 15) is 9.90 Å². The molecule has 2 rings (SSSR count). The molecule has 2 unspecified atom stereocenters. The van der Waals surface area contributed by atoms with Crippen LogP contribution >= 0.6 is 0 Å². The van der Waals surface area contributed by atoms with E-state index in [0.29, 0.717) is 32.5 Å². The van der Waals surface area contributed by atoms with Crippen molar-refractivity contribution in [2.75, 3.05) is 19.7 Å². The lowest BCUT2D eigenvalue weighted by atomic mass is 9.96. The fourth-order valence-corrected chi connectivity index (χ4v) is 2.63. The Bertz CT molecular complexity index is 501. The van der Waals surface area contributed by atoms with Gasteiger partial charge < -0.3 is 14.7 Å². The smallest absolute Gasteiger partial charge is 0.226 e. The summed E-state index contributed by atoms with van der Waals surface area (Å²) in [5.74, 6) is 1.12. The minimum absolute atomic E-state index is 0.110. The molecule has 116 valence electrons. The van der Waals surface area contributed by atoms with E-state index in [1.807, 2.05) is 43.9 Å². The number of carbonyl (C=O) groups excluding carboxylic acids is 1.